The van der Waals surface area contributed by atoms with Gasteiger partial charge in [0.1, 0.15) is 11.5 Å². The fourth-order valence-electron chi connectivity index (χ4n) is 2.96. The van der Waals surface area contributed by atoms with Crippen LogP contribution in [0, 0.1) is 13.8 Å². The van der Waals surface area contributed by atoms with Crippen LogP contribution in [-0.2, 0) is 0 Å². The van der Waals surface area contributed by atoms with Gasteiger partial charge in [-0.3, -0.25) is 0 Å². The van der Waals surface area contributed by atoms with Crippen molar-refractivity contribution in [3.05, 3.63) is 108 Å². The van der Waals surface area contributed by atoms with Crippen molar-refractivity contribution in [1.82, 2.24) is 0 Å². The number of benzene rings is 4. The molecule has 4 aromatic carbocycles. The van der Waals surface area contributed by atoms with Crippen molar-refractivity contribution in [3.63, 3.8) is 0 Å². The van der Waals surface area contributed by atoms with E-state index >= 15 is 0 Å². The van der Waals surface area contributed by atoms with Crippen LogP contribution in [0.5, 0.6) is 11.5 Å². The third kappa shape index (κ3) is 5.17. The summed E-state index contributed by atoms with van der Waals surface area (Å²) in [4.78, 5) is 0. The van der Waals surface area contributed by atoms with Gasteiger partial charge < -0.3 is 15.4 Å². The summed E-state index contributed by atoms with van der Waals surface area (Å²) in [7, 11) is 0. The van der Waals surface area contributed by atoms with E-state index in [1.54, 1.807) is 0 Å². The lowest BCUT2D eigenvalue weighted by Crippen LogP contribution is -1.91. The van der Waals surface area contributed by atoms with Crippen LogP contribution in [-0.4, -0.2) is 0 Å². The zero-order valence-electron chi connectivity index (χ0n) is 16.6. The molecule has 0 radical (unpaired) electrons. The Labute approximate surface area is 172 Å². The molecule has 0 unspecified atom stereocenters. The van der Waals surface area contributed by atoms with Gasteiger partial charge >= 0.3 is 0 Å². The van der Waals surface area contributed by atoms with Gasteiger partial charge in [0.15, 0.2) is 0 Å². The minimum atomic E-state index is 0.804. The molecule has 29 heavy (non-hydrogen) atoms. The highest BCUT2D eigenvalue weighted by atomic mass is 16.5. The molecule has 4 rings (SSSR count). The summed E-state index contributed by atoms with van der Waals surface area (Å²) in [6.07, 6.45) is 0. The Morgan fingerprint density at radius 1 is 0.414 bits per heavy atom. The second-order valence-electron chi connectivity index (χ2n) is 7.13. The molecule has 2 N–H and O–H groups in total. The second kappa shape index (κ2) is 8.53. The normalized spacial score (nSPS) is 10.4. The number of aryl methyl sites for hydroxylation is 2. The molecule has 0 aliphatic rings. The van der Waals surface area contributed by atoms with Crippen LogP contribution in [0.15, 0.2) is 97.1 Å². The van der Waals surface area contributed by atoms with Crippen molar-refractivity contribution >= 4 is 22.7 Å². The molecular formula is C26H24N2O. The van der Waals surface area contributed by atoms with Gasteiger partial charge in [-0.05, 0) is 86.6 Å². The fourth-order valence-corrected chi connectivity index (χ4v) is 2.96. The number of hydrogen-bond acceptors (Lipinski definition) is 3. The lowest BCUT2D eigenvalue weighted by atomic mass is 10.2. The first-order chi connectivity index (χ1) is 14.1. The molecular weight excluding hydrogens is 356 g/mol. The Bertz CT molecular complexity index is 963. The van der Waals surface area contributed by atoms with Gasteiger partial charge in [0.25, 0.3) is 0 Å². The molecule has 0 aliphatic carbocycles. The SMILES string of the molecule is Cc1ccc(Nc2ccc(Oc3ccc(Nc4ccc(C)cc4)cc3)cc2)cc1. The van der Waals surface area contributed by atoms with E-state index in [2.05, 4.69) is 73.0 Å². The zero-order chi connectivity index (χ0) is 20.1. The molecule has 4 aromatic rings. The summed E-state index contributed by atoms with van der Waals surface area (Å²) in [6.45, 7) is 4.17. The van der Waals surface area contributed by atoms with Crippen LogP contribution in [0.3, 0.4) is 0 Å². The molecule has 0 fully saturated rings. The van der Waals surface area contributed by atoms with Crippen LogP contribution in [0.1, 0.15) is 11.1 Å². The van der Waals surface area contributed by atoms with E-state index in [4.69, 9.17) is 4.74 Å². The van der Waals surface area contributed by atoms with Crippen molar-refractivity contribution in [1.29, 1.82) is 0 Å². The molecule has 3 nitrogen and oxygen atoms in total. The topological polar surface area (TPSA) is 33.3 Å². The molecule has 144 valence electrons. The Kier molecular flexibility index (Phi) is 5.48. The highest BCUT2D eigenvalue weighted by molar-refractivity contribution is 5.62. The summed E-state index contributed by atoms with van der Waals surface area (Å²) >= 11 is 0. The van der Waals surface area contributed by atoms with Crippen LogP contribution in [0.25, 0.3) is 0 Å². The van der Waals surface area contributed by atoms with Crippen molar-refractivity contribution in [2.75, 3.05) is 10.6 Å². The zero-order valence-corrected chi connectivity index (χ0v) is 16.6. The first-order valence-corrected chi connectivity index (χ1v) is 9.69. The third-order valence-corrected chi connectivity index (χ3v) is 4.62. The molecule has 0 atom stereocenters. The molecule has 3 heteroatoms. The quantitative estimate of drug-likeness (QED) is 0.361. The summed E-state index contributed by atoms with van der Waals surface area (Å²) in [6, 6.07) is 32.6. The molecule has 0 saturated heterocycles. The monoisotopic (exact) mass is 380 g/mol. The summed E-state index contributed by atoms with van der Waals surface area (Å²) in [5, 5.41) is 6.78. The lowest BCUT2D eigenvalue weighted by molar-refractivity contribution is 0.483. The van der Waals surface area contributed by atoms with Crippen LogP contribution < -0.4 is 15.4 Å². The number of nitrogens with one attached hydrogen (secondary N) is 2. The summed E-state index contributed by atoms with van der Waals surface area (Å²) < 4.78 is 5.96. The number of ether oxygens (including phenoxy) is 1. The highest BCUT2D eigenvalue weighted by Gasteiger charge is 2.01. The third-order valence-electron chi connectivity index (χ3n) is 4.62. The minimum Gasteiger partial charge on any atom is -0.457 e. The van der Waals surface area contributed by atoms with E-state index in [9.17, 15) is 0 Å². The van der Waals surface area contributed by atoms with Crippen LogP contribution in [0.4, 0.5) is 22.7 Å². The van der Waals surface area contributed by atoms with Gasteiger partial charge in [-0.1, -0.05) is 35.4 Å². The predicted molar refractivity (Wildman–Crippen MR) is 122 cm³/mol. The number of rotatable bonds is 6. The Morgan fingerprint density at radius 2 is 0.690 bits per heavy atom. The van der Waals surface area contributed by atoms with Gasteiger partial charge in [-0.15, -0.1) is 0 Å². The molecule has 0 aliphatic heterocycles. The van der Waals surface area contributed by atoms with E-state index in [1.807, 2.05) is 48.5 Å². The van der Waals surface area contributed by atoms with Crippen molar-refractivity contribution in [3.8, 4) is 11.5 Å². The summed E-state index contributed by atoms with van der Waals surface area (Å²) in [5.41, 5.74) is 6.69. The van der Waals surface area contributed by atoms with Gasteiger partial charge in [-0.25, -0.2) is 0 Å². The number of hydrogen-bond donors (Lipinski definition) is 2. The average molecular weight is 380 g/mol. The van der Waals surface area contributed by atoms with Crippen LogP contribution >= 0.6 is 0 Å². The first-order valence-electron chi connectivity index (χ1n) is 9.69. The lowest BCUT2D eigenvalue weighted by Gasteiger charge is -2.10. The maximum atomic E-state index is 5.96. The Balaban J connectivity index is 1.36. The molecule has 0 bridgehead atoms. The maximum Gasteiger partial charge on any atom is 0.127 e. The average Bonchev–Trinajstić information content (AvgIpc) is 2.74. The second-order valence-corrected chi connectivity index (χ2v) is 7.13. The van der Waals surface area contributed by atoms with E-state index in [0.29, 0.717) is 0 Å². The molecule has 0 spiro atoms. The van der Waals surface area contributed by atoms with Crippen molar-refractivity contribution in [2.45, 2.75) is 13.8 Å². The standard InChI is InChI=1S/C26H24N2O/c1-19-3-7-21(8-4-19)27-23-11-15-25(16-12-23)29-26-17-13-24(14-18-26)28-22-9-5-20(2)6-10-22/h3-18,27-28H,1-2H3. The largest absolute Gasteiger partial charge is 0.457 e. The fraction of sp³-hybridized carbons (Fsp3) is 0.0769. The molecule has 0 amide bonds. The number of anilines is 4. The van der Waals surface area contributed by atoms with E-state index in [1.165, 1.54) is 11.1 Å². The van der Waals surface area contributed by atoms with E-state index in [-0.39, 0.29) is 0 Å². The summed E-state index contributed by atoms with van der Waals surface area (Å²) in [5.74, 6) is 1.61. The first kappa shape index (κ1) is 18.6. The van der Waals surface area contributed by atoms with Gasteiger partial charge in [0, 0.05) is 22.7 Å². The Hall–Kier alpha value is -3.72. The van der Waals surface area contributed by atoms with Crippen molar-refractivity contribution < 1.29 is 4.74 Å². The van der Waals surface area contributed by atoms with E-state index in [0.717, 1.165) is 34.2 Å². The van der Waals surface area contributed by atoms with Crippen molar-refractivity contribution in [2.24, 2.45) is 0 Å². The molecule has 0 aromatic heterocycles. The maximum absolute atomic E-state index is 5.96. The molecule has 0 saturated carbocycles. The van der Waals surface area contributed by atoms with Gasteiger partial charge in [0.2, 0.25) is 0 Å². The van der Waals surface area contributed by atoms with Gasteiger partial charge in [0.05, 0.1) is 0 Å². The van der Waals surface area contributed by atoms with Crippen LogP contribution in [0.2, 0.25) is 0 Å². The van der Waals surface area contributed by atoms with E-state index < -0.39 is 0 Å². The predicted octanol–water partition coefficient (Wildman–Crippen LogP) is 7.58. The highest BCUT2D eigenvalue weighted by Crippen LogP contribution is 2.26. The Morgan fingerprint density at radius 3 is 1.00 bits per heavy atom. The minimum absolute atomic E-state index is 0.804. The smallest absolute Gasteiger partial charge is 0.127 e. The molecule has 0 heterocycles. The van der Waals surface area contributed by atoms with Gasteiger partial charge in [-0.2, -0.15) is 0 Å².